The van der Waals surface area contributed by atoms with Gasteiger partial charge in [0.25, 0.3) is 0 Å². The fraction of sp³-hybridized carbons (Fsp3) is 0.250. The van der Waals surface area contributed by atoms with Gasteiger partial charge in [0.2, 0.25) is 18.5 Å². The molecule has 24 heavy (non-hydrogen) atoms. The molecule has 5 rings (SSSR count). The maximum atomic E-state index is 5.46. The zero-order chi connectivity index (χ0) is 15.9. The van der Waals surface area contributed by atoms with E-state index in [0.717, 1.165) is 17.7 Å². The summed E-state index contributed by atoms with van der Waals surface area (Å²) in [5.41, 5.74) is 7.36. The molecule has 2 aliphatic rings. The Hall–Kier alpha value is -2.42. The van der Waals surface area contributed by atoms with Crippen LogP contribution in [0.3, 0.4) is 0 Å². The summed E-state index contributed by atoms with van der Waals surface area (Å²) in [7, 11) is 0. The Morgan fingerprint density at radius 1 is 1.08 bits per heavy atom. The number of ether oxygens (including phenoxy) is 2. The van der Waals surface area contributed by atoms with E-state index in [1.54, 1.807) is 11.3 Å². The predicted molar refractivity (Wildman–Crippen MR) is 86.5 cm³/mol. The third kappa shape index (κ3) is 2.35. The number of hydrazine groups is 1. The molecule has 0 radical (unpaired) electrons. The first-order chi connectivity index (χ1) is 11.9. The van der Waals surface area contributed by atoms with Crippen molar-refractivity contribution in [2.75, 3.05) is 6.79 Å². The maximum absolute atomic E-state index is 5.46. The van der Waals surface area contributed by atoms with Crippen LogP contribution in [0.5, 0.6) is 11.5 Å². The number of nitrogens with zero attached hydrogens (tertiary/aromatic N) is 2. The van der Waals surface area contributed by atoms with Crippen molar-refractivity contribution in [1.82, 2.24) is 21.0 Å². The molecular weight excluding hydrogens is 328 g/mol. The van der Waals surface area contributed by atoms with Gasteiger partial charge in [0.1, 0.15) is 6.04 Å². The Labute approximate surface area is 141 Å². The average Bonchev–Trinajstić information content (AvgIpc) is 3.41. The van der Waals surface area contributed by atoms with E-state index in [1.807, 2.05) is 18.2 Å². The molecule has 4 heterocycles. The van der Waals surface area contributed by atoms with Gasteiger partial charge in [-0.25, -0.2) is 10.9 Å². The van der Waals surface area contributed by atoms with Gasteiger partial charge in [0, 0.05) is 10.4 Å². The Kier molecular flexibility index (Phi) is 3.25. The first-order valence-electron chi connectivity index (χ1n) is 7.65. The monoisotopic (exact) mass is 342 g/mol. The van der Waals surface area contributed by atoms with Crippen LogP contribution in [-0.4, -0.2) is 16.9 Å². The third-order valence-electron chi connectivity index (χ3n) is 4.16. The SMILES string of the molecule is c1csc(C2CC(c3nc(-c4ccc5c(c4)OCO5)no3)NN2)c1. The van der Waals surface area contributed by atoms with Crippen molar-refractivity contribution in [3.05, 3.63) is 46.5 Å². The highest BCUT2D eigenvalue weighted by atomic mass is 32.1. The van der Waals surface area contributed by atoms with Crippen LogP contribution in [0, 0.1) is 0 Å². The van der Waals surface area contributed by atoms with Crippen molar-refractivity contribution >= 4 is 11.3 Å². The largest absolute Gasteiger partial charge is 0.454 e. The Balaban J connectivity index is 1.36. The van der Waals surface area contributed by atoms with Crippen molar-refractivity contribution in [1.29, 1.82) is 0 Å². The minimum absolute atomic E-state index is 0.00707. The molecule has 2 aliphatic heterocycles. The first kappa shape index (κ1) is 14.0. The van der Waals surface area contributed by atoms with Crippen molar-refractivity contribution in [2.45, 2.75) is 18.5 Å². The number of fused-ring (bicyclic) bond motifs is 1. The average molecular weight is 342 g/mol. The van der Waals surface area contributed by atoms with Crippen LogP contribution < -0.4 is 20.3 Å². The van der Waals surface area contributed by atoms with Gasteiger partial charge in [0.05, 0.1) is 6.04 Å². The Morgan fingerprint density at radius 3 is 2.92 bits per heavy atom. The van der Waals surface area contributed by atoms with Crippen LogP contribution in [0.1, 0.15) is 29.3 Å². The van der Waals surface area contributed by atoms with E-state index in [1.165, 1.54) is 4.88 Å². The summed E-state index contributed by atoms with van der Waals surface area (Å²) in [5, 5.41) is 6.17. The third-order valence-corrected chi connectivity index (χ3v) is 5.15. The van der Waals surface area contributed by atoms with Crippen molar-refractivity contribution < 1.29 is 14.0 Å². The second-order valence-corrected chi connectivity index (χ2v) is 6.65. The molecule has 1 fully saturated rings. The molecule has 2 atom stereocenters. The molecule has 2 N–H and O–H groups in total. The highest BCUT2D eigenvalue weighted by molar-refractivity contribution is 7.10. The molecule has 0 amide bonds. The fourth-order valence-electron chi connectivity index (χ4n) is 2.92. The molecule has 7 nitrogen and oxygen atoms in total. The van der Waals surface area contributed by atoms with E-state index < -0.39 is 0 Å². The number of hydrogen-bond donors (Lipinski definition) is 2. The minimum Gasteiger partial charge on any atom is -0.454 e. The molecule has 3 aromatic rings. The number of thiophene rings is 1. The molecule has 0 saturated carbocycles. The number of aromatic nitrogens is 2. The Morgan fingerprint density at radius 2 is 2.00 bits per heavy atom. The lowest BCUT2D eigenvalue weighted by Crippen LogP contribution is -2.26. The van der Waals surface area contributed by atoms with Gasteiger partial charge in [-0.1, -0.05) is 11.2 Å². The summed E-state index contributed by atoms with van der Waals surface area (Å²) in [4.78, 5) is 5.82. The van der Waals surface area contributed by atoms with Gasteiger partial charge >= 0.3 is 0 Å². The second-order valence-electron chi connectivity index (χ2n) is 5.67. The zero-order valence-corrected chi connectivity index (χ0v) is 13.4. The molecule has 0 aliphatic carbocycles. The Bertz CT molecular complexity index is 864. The number of benzene rings is 1. The van der Waals surface area contributed by atoms with Crippen molar-refractivity contribution in [3.8, 4) is 22.9 Å². The van der Waals surface area contributed by atoms with E-state index in [2.05, 4.69) is 38.5 Å². The molecular formula is C16H14N4O3S. The summed E-state index contributed by atoms with van der Waals surface area (Å²) >= 11 is 1.74. The quantitative estimate of drug-likeness (QED) is 0.757. The summed E-state index contributed by atoms with van der Waals surface area (Å²) in [6.45, 7) is 0.248. The van der Waals surface area contributed by atoms with Crippen molar-refractivity contribution in [3.63, 3.8) is 0 Å². The van der Waals surface area contributed by atoms with Crippen molar-refractivity contribution in [2.24, 2.45) is 0 Å². The van der Waals surface area contributed by atoms with Gasteiger partial charge in [0.15, 0.2) is 11.5 Å². The standard InChI is InChI=1S/C16H14N4O3S/c1-2-14(24-5-1)10-7-11(19-18-10)16-17-15(20-23-16)9-3-4-12-13(6-9)22-8-21-12/h1-6,10-11,18-19H,7-8H2. The number of nitrogens with one attached hydrogen (secondary N) is 2. The zero-order valence-electron chi connectivity index (χ0n) is 12.6. The summed E-state index contributed by atoms with van der Waals surface area (Å²) in [6, 6.07) is 10.1. The van der Waals surface area contributed by atoms with Gasteiger partial charge in [-0.05, 0) is 36.1 Å². The van der Waals surface area contributed by atoms with Crippen LogP contribution in [0.15, 0.2) is 40.2 Å². The van der Waals surface area contributed by atoms with Crippen LogP contribution in [-0.2, 0) is 0 Å². The van der Waals surface area contributed by atoms with E-state index in [-0.39, 0.29) is 18.9 Å². The molecule has 1 aromatic carbocycles. The fourth-order valence-corrected chi connectivity index (χ4v) is 3.71. The second kappa shape index (κ2) is 5.59. The molecule has 0 spiro atoms. The molecule has 122 valence electrons. The molecule has 0 bridgehead atoms. The van der Waals surface area contributed by atoms with Crippen LogP contribution in [0.25, 0.3) is 11.4 Å². The highest BCUT2D eigenvalue weighted by Gasteiger charge is 2.31. The lowest BCUT2D eigenvalue weighted by molar-refractivity contribution is 0.174. The van der Waals surface area contributed by atoms with E-state index >= 15 is 0 Å². The van der Waals surface area contributed by atoms with Gasteiger partial charge in [-0.3, -0.25) is 0 Å². The number of rotatable bonds is 3. The van der Waals surface area contributed by atoms with Crippen LogP contribution >= 0.6 is 11.3 Å². The van der Waals surface area contributed by atoms with E-state index in [0.29, 0.717) is 17.5 Å². The predicted octanol–water partition coefficient (Wildman–Crippen LogP) is 2.81. The maximum Gasteiger partial charge on any atom is 0.245 e. The summed E-state index contributed by atoms with van der Waals surface area (Å²) < 4.78 is 16.2. The van der Waals surface area contributed by atoms with Crippen LogP contribution in [0.4, 0.5) is 0 Å². The van der Waals surface area contributed by atoms with E-state index in [4.69, 9.17) is 14.0 Å². The number of hydrogen-bond acceptors (Lipinski definition) is 8. The minimum atomic E-state index is -0.00707. The van der Waals surface area contributed by atoms with Crippen LogP contribution in [0.2, 0.25) is 0 Å². The van der Waals surface area contributed by atoms with Gasteiger partial charge < -0.3 is 14.0 Å². The normalized spacial score (nSPS) is 22.2. The lowest BCUT2D eigenvalue weighted by atomic mass is 10.1. The van der Waals surface area contributed by atoms with Gasteiger partial charge in [-0.2, -0.15) is 4.98 Å². The molecule has 8 heteroatoms. The first-order valence-corrected chi connectivity index (χ1v) is 8.53. The van der Waals surface area contributed by atoms with E-state index in [9.17, 15) is 0 Å². The molecule has 2 aromatic heterocycles. The smallest absolute Gasteiger partial charge is 0.245 e. The highest BCUT2D eigenvalue weighted by Crippen LogP contribution is 2.36. The summed E-state index contributed by atoms with van der Waals surface area (Å²) in [6.07, 6.45) is 0.864. The topological polar surface area (TPSA) is 81.4 Å². The lowest BCUT2D eigenvalue weighted by Gasteiger charge is -2.04. The molecule has 1 saturated heterocycles. The molecule has 2 unspecified atom stereocenters. The van der Waals surface area contributed by atoms with Gasteiger partial charge in [-0.15, -0.1) is 11.3 Å². The summed E-state index contributed by atoms with van der Waals surface area (Å²) in [5.74, 6) is 2.57.